The van der Waals surface area contributed by atoms with E-state index in [0.29, 0.717) is 22.5 Å². The summed E-state index contributed by atoms with van der Waals surface area (Å²) in [6.45, 7) is 1.99. The molecule has 2 aromatic rings. The van der Waals surface area contributed by atoms with Gasteiger partial charge in [0.25, 0.3) is 0 Å². The minimum Gasteiger partial charge on any atom is -0.496 e. The van der Waals surface area contributed by atoms with Gasteiger partial charge in [0.15, 0.2) is 5.82 Å². The number of nitrogens with two attached hydrogens (primary N) is 1. The van der Waals surface area contributed by atoms with Gasteiger partial charge in [0.2, 0.25) is 0 Å². The summed E-state index contributed by atoms with van der Waals surface area (Å²) in [5.74, 6) is 2.40. The molecule has 1 aliphatic carbocycles. The molecule has 3 rings (SSSR count). The number of ether oxygens (including phenoxy) is 1. The number of hydrogen-bond donors (Lipinski definition) is 1. The van der Waals surface area contributed by atoms with Gasteiger partial charge in [0.05, 0.1) is 23.4 Å². The van der Waals surface area contributed by atoms with Crippen LogP contribution in [0.2, 0.25) is 5.02 Å². The molecule has 1 fully saturated rings. The van der Waals surface area contributed by atoms with Crippen LogP contribution in [-0.4, -0.2) is 21.9 Å². The molecule has 5 nitrogen and oxygen atoms in total. The first-order valence-corrected chi connectivity index (χ1v) is 7.54. The van der Waals surface area contributed by atoms with Gasteiger partial charge in [-0.3, -0.25) is 0 Å². The first kappa shape index (κ1) is 14.2. The van der Waals surface area contributed by atoms with Gasteiger partial charge in [-0.25, -0.2) is 0 Å². The van der Waals surface area contributed by atoms with Crippen LogP contribution in [0.25, 0.3) is 11.4 Å². The maximum Gasteiger partial charge on any atom is 0.168 e. The largest absolute Gasteiger partial charge is 0.496 e. The van der Waals surface area contributed by atoms with Crippen molar-refractivity contribution in [2.45, 2.75) is 38.6 Å². The summed E-state index contributed by atoms with van der Waals surface area (Å²) in [5, 5.41) is 9.10. The lowest BCUT2D eigenvalue weighted by molar-refractivity contribution is 0.415. The molecule has 0 spiro atoms. The van der Waals surface area contributed by atoms with Crippen LogP contribution >= 0.6 is 11.6 Å². The predicted octanol–water partition coefficient (Wildman–Crippen LogP) is 3.61. The Bertz CT molecular complexity index is 662. The van der Waals surface area contributed by atoms with Crippen molar-refractivity contribution >= 4 is 17.3 Å². The van der Waals surface area contributed by atoms with E-state index in [1.165, 1.54) is 12.8 Å². The van der Waals surface area contributed by atoms with Crippen molar-refractivity contribution < 1.29 is 4.74 Å². The van der Waals surface area contributed by atoms with Crippen LogP contribution in [-0.2, 0) is 0 Å². The Morgan fingerprint density at radius 1 is 1.29 bits per heavy atom. The average molecular weight is 307 g/mol. The highest BCUT2D eigenvalue weighted by molar-refractivity contribution is 6.33. The number of methoxy groups -OCH3 is 1. The Labute approximate surface area is 129 Å². The van der Waals surface area contributed by atoms with Crippen LogP contribution in [0.5, 0.6) is 5.75 Å². The molecule has 2 N–H and O–H groups in total. The number of aryl methyl sites for hydroxylation is 1. The lowest BCUT2D eigenvalue weighted by Crippen LogP contribution is -2.09. The number of hydrogen-bond acceptors (Lipinski definition) is 4. The van der Waals surface area contributed by atoms with Crippen molar-refractivity contribution in [1.29, 1.82) is 0 Å². The van der Waals surface area contributed by atoms with Crippen molar-refractivity contribution in [3.63, 3.8) is 0 Å². The maximum atomic E-state index is 6.17. The average Bonchev–Trinajstić information content (AvgIpc) is 3.10. The van der Waals surface area contributed by atoms with Gasteiger partial charge in [0.1, 0.15) is 11.6 Å². The summed E-state index contributed by atoms with van der Waals surface area (Å²) in [4.78, 5) is 0. The van der Waals surface area contributed by atoms with E-state index in [4.69, 9.17) is 22.1 Å². The molecule has 1 saturated carbocycles. The van der Waals surface area contributed by atoms with Crippen molar-refractivity contribution in [1.82, 2.24) is 14.8 Å². The highest BCUT2D eigenvalue weighted by Gasteiger charge is 2.25. The molecule has 0 bridgehead atoms. The molecule has 1 aromatic carbocycles. The summed E-state index contributed by atoms with van der Waals surface area (Å²) in [7, 11) is 1.62. The van der Waals surface area contributed by atoms with Gasteiger partial charge in [-0.15, -0.1) is 10.2 Å². The monoisotopic (exact) mass is 306 g/mol. The molecule has 112 valence electrons. The van der Waals surface area contributed by atoms with Crippen LogP contribution in [0.1, 0.15) is 37.5 Å². The van der Waals surface area contributed by atoms with Crippen LogP contribution < -0.4 is 10.5 Å². The highest BCUT2D eigenvalue weighted by atomic mass is 35.5. The Kier molecular flexibility index (Phi) is 3.76. The number of aromatic nitrogens is 3. The SMILES string of the molecule is COc1cc(N)c(Cl)cc1-c1nnc(C)n1C1CCCC1. The van der Waals surface area contributed by atoms with Crippen LogP contribution in [0.15, 0.2) is 12.1 Å². The standard InChI is InChI=1S/C15H19ClN4O/c1-9-18-19-15(20(9)10-5-3-4-6-10)11-7-12(16)13(17)8-14(11)21-2/h7-8,10H,3-6,17H2,1-2H3. The third-order valence-electron chi connectivity index (χ3n) is 4.12. The number of nitrogens with zero attached hydrogens (tertiary/aromatic N) is 3. The molecule has 1 heterocycles. The fourth-order valence-electron chi connectivity index (χ4n) is 3.07. The lowest BCUT2D eigenvalue weighted by atomic mass is 10.1. The summed E-state index contributed by atoms with van der Waals surface area (Å²) < 4.78 is 7.65. The normalized spacial score (nSPS) is 15.6. The fourth-order valence-corrected chi connectivity index (χ4v) is 3.23. The molecular weight excluding hydrogens is 288 g/mol. The molecule has 0 aliphatic heterocycles. The zero-order valence-electron chi connectivity index (χ0n) is 12.3. The quantitative estimate of drug-likeness (QED) is 0.880. The predicted molar refractivity (Wildman–Crippen MR) is 83.7 cm³/mol. The summed E-state index contributed by atoms with van der Waals surface area (Å²) in [5.41, 5.74) is 7.19. The van der Waals surface area contributed by atoms with E-state index in [0.717, 1.165) is 30.1 Å². The van der Waals surface area contributed by atoms with Crippen LogP contribution in [0.4, 0.5) is 5.69 Å². The number of rotatable bonds is 3. The maximum absolute atomic E-state index is 6.17. The second-order valence-corrected chi connectivity index (χ2v) is 5.86. The minimum absolute atomic E-state index is 0.455. The zero-order valence-corrected chi connectivity index (χ0v) is 13.0. The Hall–Kier alpha value is -1.75. The summed E-state index contributed by atoms with van der Waals surface area (Å²) in [6.07, 6.45) is 4.83. The van der Waals surface area contributed by atoms with E-state index in [-0.39, 0.29) is 0 Å². The van der Waals surface area contributed by atoms with Gasteiger partial charge in [-0.1, -0.05) is 24.4 Å². The molecule has 21 heavy (non-hydrogen) atoms. The molecule has 0 atom stereocenters. The Morgan fingerprint density at radius 2 is 2.00 bits per heavy atom. The molecule has 1 aliphatic rings. The van der Waals surface area contributed by atoms with E-state index in [2.05, 4.69) is 14.8 Å². The third-order valence-corrected chi connectivity index (χ3v) is 4.44. The Morgan fingerprint density at radius 3 is 2.67 bits per heavy atom. The third kappa shape index (κ3) is 2.46. The summed E-state index contributed by atoms with van der Waals surface area (Å²) >= 11 is 6.17. The van der Waals surface area contributed by atoms with Gasteiger partial charge in [-0.05, 0) is 25.8 Å². The van der Waals surface area contributed by atoms with Gasteiger partial charge < -0.3 is 15.0 Å². The van der Waals surface area contributed by atoms with Crippen molar-refractivity contribution in [2.75, 3.05) is 12.8 Å². The zero-order chi connectivity index (χ0) is 15.0. The highest BCUT2D eigenvalue weighted by Crippen LogP contribution is 2.39. The smallest absolute Gasteiger partial charge is 0.168 e. The van der Waals surface area contributed by atoms with Gasteiger partial charge in [-0.2, -0.15) is 0 Å². The number of nitrogen functional groups attached to an aromatic ring is 1. The topological polar surface area (TPSA) is 66.0 Å². The lowest BCUT2D eigenvalue weighted by Gasteiger charge is -2.17. The van der Waals surface area contributed by atoms with Gasteiger partial charge >= 0.3 is 0 Å². The molecule has 1 aromatic heterocycles. The summed E-state index contributed by atoms with van der Waals surface area (Å²) in [6, 6.07) is 4.00. The number of benzene rings is 1. The molecule has 6 heteroatoms. The van der Waals surface area contributed by atoms with Crippen molar-refractivity contribution in [2.24, 2.45) is 0 Å². The van der Waals surface area contributed by atoms with Gasteiger partial charge in [0, 0.05) is 12.1 Å². The second kappa shape index (κ2) is 5.56. The molecule has 0 unspecified atom stereocenters. The second-order valence-electron chi connectivity index (χ2n) is 5.45. The van der Waals surface area contributed by atoms with E-state index in [1.807, 2.05) is 13.0 Å². The number of halogens is 1. The fraction of sp³-hybridized carbons (Fsp3) is 0.467. The van der Waals surface area contributed by atoms with Crippen molar-refractivity contribution in [3.8, 4) is 17.1 Å². The molecule has 0 radical (unpaired) electrons. The van der Waals surface area contributed by atoms with Crippen LogP contribution in [0, 0.1) is 6.92 Å². The first-order chi connectivity index (χ1) is 10.1. The molecule has 0 saturated heterocycles. The minimum atomic E-state index is 0.455. The molecular formula is C15H19ClN4O. The van der Waals surface area contributed by atoms with E-state index >= 15 is 0 Å². The van der Waals surface area contributed by atoms with E-state index < -0.39 is 0 Å². The van der Waals surface area contributed by atoms with Crippen molar-refractivity contribution in [3.05, 3.63) is 23.0 Å². The molecule has 0 amide bonds. The Balaban J connectivity index is 2.15. The number of anilines is 1. The van der Waals surface area contributed by atoms with E-state index in [1.54, 1.807) is 13.2 Å². The van der Waals surface area contributed by atoms with E-state index in [9.17, 15) is 0 Å². The first-order valence-electron chi connectivity index (χ1n) is 7.16. The van der Waals surface area contributed by atoms with Crippen LogP contribution in [0.3, 0.4) is 0 Å².